The Morgan fingerprint density at radius 1 is 1.00 bits per heavy atom. The molecule has 3 aromatic heterocycles. The summed E-state index contributed by atoms with van der Waals surface area (Å²) in [6, 6.07) is 12.4. The van der Waals surface area contributed by atoms with Crippen molar-refractivity contribution in [3.05, 3.63) is 57.6 Å². The lowest BCUT2D eigenvalue weighted by Crippen LogP contribution is -2.00. The van der Waals surface area contributed by atoms with Crippen molar-refractivity contribution in [2.24, 2.45) is 0 Å². The lowest BCUT2D eigenvalue weighted by atomic mass is 10.1. The van der Waals surface area contributed by atoms with Crippen LogP contribution < -0.4 is 0 Å². The number of ketones is 1. The number of carbonyl (C=O) groups is 1. The van der Waals surface area contributed by atoms with Crippen LogP contribution in [0.3, 0.4) is 0 Å². The summed E-state index contributed by atoms with van der Waals surface area (Å²) in [4.78, 5) is 13.3. The van der Waals surface area contributed by atoms with Crippen LogP contribution in [0.2, 0.25) is 0 Å². The fraction of sp³-hybridized carbons (Fsp3) is 0.0625. The molecule has 0 saturated heterocycles. The minimum atomic E-state index is 0.224. The SMILES string of the molecule is O=C(Cc1csc2ccccc12)c1cc2sccc2s1. The number of Topliss-reactive ketones (excluding diaryl/α,β-unsaturated/α-hetero) is 1. The van der Waals surface area contributed by atoms with Gasteiger partial charge >= 0.3 is 0 Å². The van der Waals surface area contributed by atoms with Gasteiger partial charge in [-0.2, -0.15) is 0 Å². The second-order valence-corrected chi connectivity index (χ2v) is 7.56. The van der Waals surface area contributed by atoms with Gasteiger partial charge in [0.25, 0.3) is 0 Å². The summed E-state index contributed by atoms with van der Waals surface area (Å²) in [5.74, 6) is 0.224. The van der Waals surface area contributed by atoms with Gasteiger partial charge in [0.1, 0.15) is 0 Å². The number of thiophene rings is 3. The summed E-state index contributed by atoms with van der Waals surface area (Å²) >= 11 is 5.01. The maximum atomic E-state index is 12.4. The highest BCUT2D eigenvalue weighted by Gasteiger charge is 2.14. The number of carbonyl (C=O) groups excluding carboxylic acids is 1. The van der Waals surface area contributed by atoms with Gasteiger partial charge in [0, 0.05) is 20.5 Å². The molecule has 1 nitrogen and oxygen atoms in total. The van der Waals surface area contributed by atoms with Crippen molar-refractivity contribution in [2.75, 3.05) is 0 Å². The van der Waals surface area contributed by atoms with E-state index in [0.29, 0.717) is 6.42 Å². The van der Waals surface area contributed by atoms with Gasteiger partial charge in [0.05, 0.1) is 4.88 Å². The highest BCUT2D eigenvalue weighted by atomic mass is 32.1. The van der Waals surface area contributed by atoms with E-state index >= 15 is 0 Å². The van der Waals surface area contributed by atoms with Crippen LogP contribution in [0.5, 0.6) is 0 Å². The Morgan fingerprint density at radius 2 is 1.90 bits per heavy atom. The standard InChI is InChI=1S/C16H10OS3/c17-12(15-8-16-14(20-15)5-6-18-16)7-10-9-19-13-4-2-1-3-11(10)13/h1-6,8-9H,7H2. The van der Waals surface area contributed by atoms with E-state index in [-0.39, 0.29) is 5.78 Å². The molecule has 0 amide bonds. The van der Waals surface area contributed by atoms with Gasteiger partial charge in [-0.25, -0.2) is 0 Å². The lowest BCUT2D eigenvalue weighted by Gasteiger charge is -1.97. The Labute approximate surface area is 128 Å². The molecule has 4 aromatic rings. The molecule has 0 saturated carbocycles. The number of hydrogen-bond acceptors (Lipinski definition) is 4. The molecule has 4 heteroatoms. The van der Waals surface area contributed by atoms with E-state index in [9.17, 15) is 4.79 Å². The zero-order chi connectivity index (χ0) is 13.5. The van der Waals surface area contributed by atoms with E-state index in [1.165, 1.54) is 19.5 Å². The van der Waals surface area contributed by atoms with Crippen molar-refractivity contribution in [1.29, 1.82) is 0 Å². The van der Waals surface area contributed by atoms with E-state index in [1.807, 2.05) is 18.2 Å². The minimum Gasteiger partial charge on any atom is -0.293 e. The predicted octanol–water partition coefficient (Wildman–Crippen LogP) is 5.60. The molecule has 0 unspecified atom stereocenters. The zero-order valence-electron chi connectivity index (χ0n) is 10.5. The highest BCUT2D eigenvalue weighted by Crippen LogP contribution is 2.32. The number of fused-ring (bicyclic) bond motifs is 2. The molecular formula is C16H10OS3. The fourth-order valence-electron chi connectivity index (χ4n) is 2.33. The van der Waals surface area contributed by atoms with Crippen molar-refractivity contribution in [2.45, 2.75) is 6.42 Å². The molecule has 0 aliphatic heterocycles. The molecule has 3 heterocycles. The van der Waals surface area contributed by atoms with E-state index in [1.54, 1.807) is 34.0 Å². The van der Waals surface area contributed by atoms with E-state index in [0.717, 1.165) is 10.4 Å². The molecule has 4 rings (SSSR count). The average molecular weight is 314 g/mol. The molecular weight excluding hydrogens is 304 g/mol. The molecule has 0 aliphatic rings. The van der Waals surface area contributed by atoms with Crippen molar-refractivity contribution in [3.8, 4) is 0 Å². The topological polar surface area (TPSA) is 17.1 Å². The number of hydrogen-bond donors (Lipinski definition) is 0. The first-order valence-electron chi connectivity index (χ1n) is 6.26. The van der Waals surface area contributed by atoms with Gasteiger partial charge in [-0.3, -0.25) is 4.79 Å². The molecule has 98 valence electrons. The number of rotatable bonds is 3. The zero-order valence-corrected chi connectivity index (χ0v) is 12.9. The van der Waals surface area contributed by atoms with Crippen LogP contribution in [0.25, 0.3) is 19.5 Å². The molecule has 0 bridgehead atoms. The van der Waals surface area contributed by atoms with Crippen LogP contribution in [-0.4, -0.2) is 5.78 Å². The maximum absolute atomic E-state index is 12.4. The summed E-state index contributed by atoms with van der Waals surface area (Å²) in [5, 5.41) is 5.39. The van der Waals surface area contributed by atoms with Gasteiger partial charge < -0.3 is 0 Å². The lowest BCUT2D eigenvalue weighted by molar-refractivity contribution is 0.0997. The summed E-state index contributed by atoms with van der Waals surface area (Å²) in [5.41, 5.74) is 1.15. The molecule has 0 radical (unpaired) electrons. The van der Waals surface area contributed by atoms with E-state index in [2.05, 4.69) is 29.0 Å². The maximum Gasteiger partial charge on any atom is 0.177 e. The number of benzene rings is 1. The Balaban J connectivity index is 1.68. The average Bonchev–Trinajstić information content (AvgIpc) is 3.12. The van der Waals surface area contributed by atoms with Gasteiger partial charge in [0.2, 0.25) is 0 Å². The smallest absolute Gasteiger partial charge is 0.177 e. The van der Waals surface area contributed by atoms with Crippen molar-refractivity contribution < 1.29 is 4.79 Å². The monoisotopic (exact) mass is 314 g/mol. The van der Waals surface area contributed by atoms with Gasteiger partial charge in [-0.05, 0) is 39.9 Å². The summed E-state index contributed by atoms with van der Waals surface area (Å²) in [6.07, 6.45) is 0.498. The normalized spacial score (nSPS) is 11.4. The molecule has 1 aromatic carbocycles. The molecule has 20 heavy (non-hydrogen) atoms. The Bertz CT molecular complexity index is 881. The van der Waals surface area contributed by atoms with Crippen molar-refractivity contribution in [3.63, 3.8) is 0 Å². The van der Waals surface area contributed by atoms with Crippen LogP contribution in [0, 0.1) is 0 Å². The second kappa shape index (κ2) is 4.81. The van der Waals surface area contributed by atoms with E-state index < -0.39 is 0 Å². The summed E-state index contributed by atoms with van der Waals surface area (Å²) < 4.78 is 3.68. The predicted molar refractivity (Wildman–Crippen MR) is 89.6 cm³/mol. The van der Waals surface area contributed by atoms with Crippen LogP contribution in [-0.2, 0) is 6.42 Å². The molecule has 0 N–H and O–H groups in total. The van der Waals surface area contributed by atoms with Crippen LogP contribution in [0.4, 0.5) is 0 Å². The van der Waals surface area contributed by atoms with Crippen molar-refractivity contribution in [1.82, 2.24) is 0 Å². The van der Waals surface area contributed by atoms with Crippen LogP contribution >= 0.6 is 34.0 Å². The quantitative estimate of drug-likeness (QED) is 0.450. The van der Waals surface area contributed by atoms with Gasteiger partial charge in [-0.1, -0.05) is 18.2 Å². The van der Waals surface area contributed by atoms with Crippen LogP contribution in [0.15, 0.2) is 47.2 Å². The van der Waals surface area contributed by atoms with Gasteiger partial charge in [-0.15, -0.1) is 34.0 Å². The summed E-state index contributed by atoms with van der Waals surface area (Å²) in [7, 11) is 0. The minimum absolute atomic E-state index is 0.224. The Kier molecular flexibility index (Phi) is 2.95. The molecule has 0 atom stereocenters. The first-order chi connectivity index (χ1) is 9.81. The van der Waals surface area contributed by atoms with Gasteiger partial charge in [0.15, 0.2) is 5.78 Å². The second-order valence-electron chi connectivity index (χ2n) is 4.62. The third-order valence-corrected chi connectivity index (χ3v) is 6.47. The largest absolute Gasteiger partial charge is 0.293 e. The molecule has 0 aliphatic carbocycles. The molecule has 0 spiro atoms. The fourth-order valence-corrected chi connectivity index (χ4v) is 5.34. The van der Waals surface area contributed by atoms with Crippen LogP contribution in [0.1, 0.15) is 15.2 Å². The first-order valence-corrected chi connectivity index (χ1v) is 8.84. The first kappa shape index (κ1) is 12.3. The van der Waals surface area contributed by atoms with Crippen molar-refractivity contribution >= 4 is 59.3 Å². The third-order valence-electron chi connectivity index (χ3n) is 3.33. The van der Waals surface area contributed by atoms with E-state index in [4.69, 9.17) is 0 Å². The Morgan fingerprint density at radius 3 is 2.80 bits per heavy atom. The molecule has 0 fully saturated rings. The third kappa shape index (κ3) is 2.00. The highest BCUT2D eigenvalue weighted by molar-refractivity contribution is 7.27. The summed E-state index contributed by atoms with van der Waals surface area (Å²) in [6.45, 7) is 0. The Hall–Kier alpha value is -1.49.